The molecule has 28 heavy (non-hydrogen) atoms. The van der Waals surface area contributed by atoms with E-state index in [9.17, 15) is 15.0 Å². The molecule has 1 unspecified atom stereocenters. The van der Waals surface area contributed by atoms with Crippen LogP contribution in [-0.2, 0) is 14.3 Å². The van der Waals surface area contributed by atoms with Gasteiger partial charge in [-0.3, -0.25) is 0 Å². The third-order valence-electron chi connectivity index (χ3n) is 4.83. The number of aliphatic hydroxyl groups is 2. The van der Waals surface area contributed by atoms with Crippen molar-refractivity contribution in [3.05, 3.63) is 12.7 Å². The zero-order valence-electron chi connectivity index (χ0n) is 15.2. The van der Waals surface area contributed by atoms with Crippen molar-refractivity contribution >= 4 is 49.8 Å². The van der Waals surface area contributed by atoms with Crippen LogP contribution >= 0.6 is 11.9 Å². The fraction of sp³-hybridized carbons (Fsp3) is 0.625. The molecule has 2 aromatic heterocycles. The third-order valence-corrected chi connectivity index (χ3v) is 8.96. The van der Waals surface area contributed by atoms with Gasteiger partial charge in [-0.05, 0) is 0 Å². The van der Waals surface area contributed by atoms with Crippen molar-refractivity contribution in [2.75, 3.05) is 26.0 Å². The van der Waals surface area contributed by atoms with Crippen molar-refractivity contribution in [2.45, 2.75) is 35.7 Å². The summed E-state index contributed by atoms with van der Waals surface area (Å²) < 4.78 is 15.9. The molecule has 2 fully saturated rings. The molecule has 1 amide bonds. The summed E-state index contributed by atoms with van der Waals surface area (Å²) in [7, 11) is 1.62. The van der Waals surface area contributed by atoms with E-state index < -0.39 is 40.3 Å². The predicted molar refractivity (Wildman–Crippen MR) is 104 cm³/mol. The Balaban J connectivity index is 1.54. The molecule has 4 rings (SSSR count). The summed E-state index contributed by atoms with van der Waals surface area (Å²) in [5.74, 6) is 0.338. The maximum absolute atomic E-state index is 10.7. The van der Waals surface area contributed by atoms with E-state index in [1.807, 2.05) is 0 Å². The van der Waals surface area contributed by atoms with Gasteiger partial charge in [-0.15, -0.1) is 0 Å². The molecule has 0 bridgehead atoms. The number of imidazole rings is 1. The van der Waals surface area contributed by atoms with E-state index >= 15 is 0 Å². The Morgan fingerprint density at radius 2 is 2.25 bits per heavy atom. The molecule has 0 radical (unpaired) electrons. The van der Waals surface area contributed by atoms with Gasteiger partial charge in [0.05, 0.1) is 0 Å². The normalized spacial score (nSPS) is 30.6. The van der Waals surface area contributed by atoms with E-state index in [1.54, 1.807) is 17.9 Å². The van der Waals surface area contributed by atoms with Gasteiger partial charge in [0.1, 0.15) is 0 Å². The molecule has 2 N–H and O–H groups in total. The van der Waals surface area contributed by atoms with Crippen molar-refractivity contribution in [2.24, 2.45) is 0 Å². The van der Waals surface area contributed by atoms with Crippen LogP contribution in [0.3, 0.4) is 0 Å². The monoisotopic (exact) mass is 471 g/mol. The Hall–Kier alpha value is -1.23. The SMILES string of the molecule is CN(C=O)SC[C@H]1O[C@@H](n2cnc3c([AsH][C@@H]4CCOC4)ncnc32)[C@H](O)[C@@H]1O. The number of amides is 1. The molecule has 2 saturated heterocycles. The van der Waals surface area contributed by atoms with Gasteiger partial charge in [-0.2, -0.15) is 0 Å². The maximum atomic E-state index is 10.7. The molecule has 10 nitrogen and oxygen atoms in total. The number of ether oxygens (including phenoxy) is 2. The number of hydrogen-bond donors (Lipinski definition) is 2. The first-order valence-corrected chi connectivity index (χ1v) is 12.1. The van der Waals surface area contributed by atoms with E-state index in [0.717, 1.165) is 29.6 Å². The van der Waals surface area contributed by atoms with Gasteiger partial charge in [0, 0.05) is 0 Å². The summed E-state index contributed by atoms with van der Waals surface area (Å²) in [6.07, 6.45) is 1.22. The van der Waals surface area contributed by atoms with Crippen LogP contribution in [0.25, 0.3) is 11.2 Å². The minimum atomic E-state index is -1.12. The van der Waals surface area contributed by atoms with Crippen LogP contribution in [0.1, 0.15) is 12.6 Å². The molecule has 12 heteroatoms. The van der Waals surface area contributed by atoms with Gasteiger partial charge in [-0.1, -0.05) is 0 Å². The quantitative estimate of drug-likeness (QED) is 0.281. The van der Waals surface area contributed by atoms with Crippen molar-refractivity contribution < 1.29 is 24.5 Å². The summed E-state index contributed by atoms with van der Waals surface area (Å²) in [6.45, 7) is 1.58. The molecule has 0 aliphatic carbocycles. The number of rotatable bonds is 7. The molecule has 152 valence electrons. The predicted octanol–water partition coefficient (Wildman–Crippen LogP) is -1.55. The second-order valence-corrected chi connectivity index (χ2v) is 11.2. The molecule has 0 aromatic carbocycles. The van der Waals surface area contributed by atoms with Gasteiger partial charge in [0.2, 0.25) is 0 Å². The first-order chi connectivity index (χ1) is 13.6. The van der Waals surface area contributed by atoms with E-state index in [4.69, 9.17) is 9.47 Å². The van der Waals surface area contributed by atoms with Crippen molar-refractivity contribution in [1.29, 1.82) is 0 Å². The van der Waals surface area contributed by atoms with Gasteiger partial charge >= 0.3 is 172 Å². The Kier molecular flexibility index (Phi) is 6.19. The summed E-state index contributed by atoms with van der Waals surface area (Å²) in [5, 5.41) is 20.9. The van der Waals surface area contributed by atoms with Gasteiger partial charge in [0.15, 0.2) is 0 Å². The Labute approximate surface area is 172 Å². The van der Waals surface area contributed by atoms with Crippen LogP contribution in [0, 0.1) is 0 Å². The standard InChI is InChI=1S/C16H22AsN5O5S/c1-21(8-23)28-5-10-12(24)13(25)16(27-10)22-7-20-11-14(18-6-19-15(11)22)17-9-2-3-26-4-9/h6-10,12-13,16-17,24-25H,2-5H2,1H3/t9-,10-,12-,13-,16-/m1/s1. The van der Waals surface area contributed by atoms with E-state index in [0.29, 0.717) is 22.5 Å². The molecule has 4 heterocycles. The number of nitrogens with zero attached hydrogens (tertiary/aromatic N) is 5. The van der Waals surface area contributed by atoms with Gasteiger partial charge in [0.25, 0.3) is 0 Å². The minimum absolute atomic E-state index is 0.338. The average Bonchev–Trinajstić information content (AvgIpc) is 3.42. The van der Waals surface area contributed by atoms with Crippen LogP contribution < -0.4 is 4.48 Å². The van der Waals surface area contributed by atoms with Gasteiger partial charge in [-0.25, -0.2) is 0 Å². The summed E-state index contributed by atoms with van der Waals surface area (Å²) >= 11 is 0.691. The van der Waals surface area contributed by atoms with Crippen molar-refractivity contribution in [3.63, 3.8) is 0 Å². The average molecular weight is 471 g/mol. The number of carbonyl (C=O) groups excluding carboxylic acids is 1. The van der Waals surface area contributed by atoms with Crippen LogP contribution in [0.5, 0.6) is 0 Å². The van der Waals surface area contributed by atoms with E-state index in [2.05, 4.69) is 15.0 Å². The molecule has 6 atom stereocenters. The number of aromatic nitrogens is 4. The second kappa shape index (κ2) is 8.64. The van der Waals surface area contributed by atoms with Crippen molar-refractivity contribution in [3.8, 4) is 0 Å². The molecular formula is C16H22AsN5O5S. The Bertz CT molecular complexity index is 835. The van der Waals surface area contributed by atoms with E-state index in [1.165, 1.54) is 22.6 Å². The fourth-order valence-electron chi connectivity index (χ4n) is 3.30. The first-order valence-electron chi connectivity index (χ1n) is 8.93. The molecule has 2 aromatic rings. The summed E-state index contributed by atoms with van der Waals surface area (Å²) in [6, 6.07) is 0. The van der Waals surface area contributed by atoms with Crippen LogP contribution in [0.4, 0.5) is 0 Å². The number of carbonyl (C=O) groups is 1. The number of hydrogen-bond acceptors (Lipinski definition) is 9. The topological polar surface area (TPSA) is 123 Å². The molecule has 0 saturated carbocycles. The summed E-state index contributed by atoms with van der Waals surface area (Å²) in [4.78, 5) is 24.0. The van der Waals surface area contributed by atoms with Crippen LogP contribution in [-0.4, -0.2) is 101 Å². The molecule has 2 aliphatic heterocycles. The number of fused-ring (bicyclic) bond motifs is 1. The first kappa shape index (κ1) is 20.1. The Morgan fingerprint density at radius 3 is 3.00 bits per heavy atom. The third kappa shape index (κ3) is 3.92. The van der Waals surface area contributed by atoms with Crippen LogP contribution in [0.2, 0.25) is 4.71 Å². The van der Waals surface area contributed by atoms with Crippen LogP contribution in [0.15, 0.2) is 12.7 Å². The van der Waals surface area contributed by atoms with E-state index in [-0.39, 0.29) is 0 Å². The zero-order valence-corrected chi connectivity index (χ0v) is 18.1. The number of aliphatic hydroxyl groups excluding tert-OH is 2. The summed E-state index contributed by atoms with van der Waals surface area (Å²) in [5.41, 5.74) is 1.31. The van der Waals surface area contributed by atoms with Crippen molar-refractivity contribution in [1.82, 2.24) is 23.8 Å². The molecular weight excluding hydrogens is 449 g/mol. The second-order valence-electron chi connectivity index (χ2n) is 6.74. The Morgan fingerprint density at radius 1 is 1.39 bits per heavy atom. The van der Waals surface area contributed by atoms with Gasteiger partial charge < -0.3 is 0 Å². The molecule has 0 spiro atoms. The zero-order chi connectivity index (χ0) is 19.7. The fourth-order valence-corrected chi connectivity index (χ4v) is 6.74. The molecule has 2 aliphatic rings.